The Morgan fingerprint density at radius 1 is 1.07 bits per heavy atom. The molecule has 0 saturated carbocycles. The average molecular weight is 400 g/mol. The molecule has 0 saturated heterocycles. The molecule has 0 radical (unpaired) electrons. The fraction of sp³-hybridized carbons (Fsp3) is 0.130. The van der Waals surface area contributed by atoms with Crippen molar-refractivity contribution in [1.82, 2.24) is 0 Å². The van der Waals surface area contributed by atoms with E-state index in [1.807, 2.05) is 18.2 Å². The van der Waals surface area contributed by atoms with E-state index in [1.54, 1.807) is 38.1 Å². The minimum atomic E-state index is -0.732. The first-order valence-corrected chi connectivity index (χ1v) is 9.16. The van der Waals surface area contributed by atoms with Gasteiger partial charge in [-0.15, -0.1) is 0 Å². The molecule has 4 rings (SSSR count). The Kier molecular flexibility index (Phi) is 4.68. The number of rotatable bonds is 4. The van der Waals surface area contributed by atoms with E-state index in [2.05, 4.69) is 5.32 Å². The van der Waals surface area contributed by atoms with Crippen LogP contribution in [-0.2, 0) is 9.53 Å². The van der Waals surface area contributed by atoms with E-state index in [9.17, 15) is 19.6 Å². The number of amides is 1. The Balaban J connectivity index is 1.44. The summed E-state index contributed by atoms with van der Waals surface area (Å²) in [5, 5.41) is 11.6. The molecule has 0 unspecified atom stereocenters. The number of benzene rings is 2. The minimum Gasteiger partial charge on any atom is -0.452 e. The van der Waals surface area contributed by atoms with Crippen molar-refractivity contribution in [2.75, 3.05) is 11.9 Å². The van der Waals surface area contributed by atoms with Crippen LogP contribution in [0.4, 0.5) is 5.88 Å². The molecule has 7 nitrogen and oxygen atoms in total. The third-order valence-corrected chi connectivity index (χ3v) is 5.05. The van der Waals surface area contributed by atoms with Crippen molar-refractivity contribution in [3.8, 4) is 17.2 Å². The van der Waals surface area contributed by atoms with Gasteiger partial charge in [-0.2, -0.15) is 5.26 Å². The molecule has 1 aromatic heterocycles. The summed E-state index contributed by atoms with van der Waals surface area (Å²) < 4.78 is 10.4. The van der Waals surface area contributed by atoms with Gasteiger partial charge in [0.1, 0.15) is 17.4 Å². The maximum atomic E-state index is 12.6. The Morgan fingerprint density at radius 2 is 1.77 bits per heavy atom. The van der Waals surface area contributed by atoms with E-state index in [1.165, 1.54) is 6.07 Å². The molecule has 0 fully saturated rings. The third kappa shape index (κ3) is 3.14. The molecule has 1 heterocycles. The number of ether oxygens (including phenoxy) is 1. The molecule has 2 aromatic carbocycles. The molecule has 0 atom stereocenters. The second-order valence-corrected chi connectivity index (χ2v) is 6.86. The van der Waals surface area contributed by atoms with Crippen LogP contribution < -0.4 is 5.32 Å². The van der Waals surface area contributed by atoms with Crippen LogP contribution in [0.15, 0.2) is 46.9 Å². The predicted molar refractivity (Wildman–Crippen MR) is 107 cm³/mol. The van der Waals surface area contributed by atoms with E-state index < -0.39 is 18.5 Å². The number of nitrogens with zero attached hydrogens (tertiary/aromatic N) is 1. The Labute approximate surface area is 171 Å². The van der Waals surface area contributed by atoms with Gasteiger partial charge in [-0.25, -0.2) is 4.79 Å². The van der Waals surface area contributed by atoms with Gasteiger partial charge >= 0.3 is 5.97 Å². The lowest BCUT2D eigenvalue weighted by molar-refractivity contribution is -0.119. The molecule has 3 aromatic rings. The minimum absolute atomic E-state index is 0.0226. The highest BCUT2D eigenvalue weighted by Crippen LogP contribution is 2.36. The van der Waals surface area contributed by atoms with Gasteiger partial charge in [0.2, 0.25) is 5.88 Å². The maximum Gasteiger partial charge on any atom is 0.338 e. The molecule has 7 heteroatoms. The smallest absolute Gasteiger partial charge is 0.338 e. The van der Waals surface area contributed by atoms with E-state index >= 15 is 0 Å². The van der Waals surface area contributed by atoms with Crippen LogP contribution in [0.2, 0.25) is 0 Å². The number of fused-ring (bicyclic) bond motifs is 3. The molecule has 0 aliphatic heterocycles. The monoisotopic (exact) mass is 400 g/mol. The number of carbonyl (C=O) groups excluding carboxylic acids is 3. The van der Waals surface area contributed by atoms with Gasteiger partial charge < -0.3 is 9.15 Å². The van der Waals surface area contributed by atoms with Gasteiger partial charge in [0.25, 0.3) is 5.91 Å². The molecule has 148 valence electrons. The van der Waals surface area contributed by atoms with E-state index in [-0.39, 0.29) is 22.8 Å². The number of hydrogen-bond acceptors (Lipinski definition) is 6. The molecule has 1 aliphatic carbocycles. The predicted octanol–water partition coefficient (Wildman–Crippen LogP) is 3.78. The van der Waals surface area contributed by atoms with Crippen LogP contribution in [0.25, 0.3) is 11.1 Å². The number of esters is 1. The molecule has 1 N–H and O–H groups in total. The van der Waals surface area contributed by atoms with E-state index in [0.717, 1.165) is 11.1 Å². The summed E-state index contributed by atoms with van der Waals surface area (Å²) >= 11 is 0. The van der Waals surface area contributed by atoms with Gasteiger partial charge in [0.15, 0.2) is 12.4 Å². The number of ketones is 1. The Hall–Kier alpha value is -4.18. The summed E-state index contributed by atoms with van der Waals surface area (Å²) in [7, 11) is 0. The first-order chi connectivity index (χ1) is 14.4. The topological polar surface area (TPSA) is 109 Å². The number of aryl methyl sites for hydroxylation is 1. The summed E-state index contributed by atoms with van der Waals surface area (Å²) in [5.74, 6) is -0.986. The molecule has 0 spiro atoms. The fourth-order valence-electron chi connectivity index (χ4n) is 3.38. The molecular weight excluding hydrogens is 384 g/mol. The second kappa shape index (κ2) is 7.33. The molecule has 30 heavy (non-hydrogen) atoms. The molecular formula is C23H16N2O5. The maximum absolute atomic E-state index is 12.6. The standard InChI is InChI=1S/C23H16N2O5/c1-12-13(2)30-22(19(12)10-24)25-20(26)11-29-23(28)14-7-8-16-15-5-3-4-6-17(15)21(27)18(16)9-14/h3-9H,11H2,1-2H3,(H,25,26). The largest absolute Gasteiger partial charge is 0.452 e. The van der Waals surface area contributed by atoms with Crippen LogP contribution in [0.1, 0.15) is 43.2 Å². The van der Waals surface area contributed by atoms with E-state index in [0.29, 0.717) is 22.5 Å². The first-order valence-electron chi connectivity index (χ1n) is 9.16. The Bertz CT molecular complexity index is 1260. The summed E-state index contributed by atoms with van der Waals surface area (Å²) in [6, 6.07) is 13.9. The van der Waals surface area contributed by atoms with Gasteiger partial charge in [-0.1, -0.05) is 30.3 Å². The zero-order valence-electron chi connectivity index (χ0n) is 16.2. The van der Waals surface area contributed by atoms with Crippen LogP contribution in [0.3, 0.4) is 0 Å². The highest BCUT2D eigenvalue weighted by Gasteiger charge is 2.27. The second-order valence-electron chi connectivity index (χ2n) is 6.86. The molecule has 1 amide bonds. The van der Waals surface area contributed by atoms with Crippen molar-refractivity contribution < 1.29 is 23.5 Å². The zero-order valence-corrected chi connectivity index (χ0v) is 16.2. The van der Waals surface area contributed by atoms with Gasteiger partial charge in [0, 0.05) is 16.7 Å². The molecule has 0 bridgehead atoms. The normalized spacial score (nSPS) is 11.4. The van der Waals surface area contributed by atoms with Crippen molar-refractivity contribution in [2.45, 2.75) is 13.8 Å². The Morgan fingerprint density at radius 3 is 2.50 bits per heavy atom. The number of anilines is 1. The van der Waals surface area contributed by atoms with Crippen molar-refractivity contribution in [1.29, 1.82) is 5.26 Å². The van der Waals surface area contributed by atoms with Crippen LogP contribution in [0.5, 0.6) is 0 Å². The number of nitriles is 1. The van der Waals surface area contributed by atoms with Crippen molar-refractivity contribution >= 4 is 23.5 Å². The van der Waals surface area contributed by atoms with Crippen LogP contribution >= 0.6 is 0 Å². The highest BCUT2D eigenvalue weighted by atomic mass is 16.5. The average Bonchev–Trinajstić information content (AvgIpc) is 3.19. The van der Waals surface area contributed by atoms with Gasteiger partial charge in [0.05, 0.1) is 5.56 Å². The van der Waals surface area contributed by atoms with Crippen molar-refractivity contribution in [3.05, 3.63) is 76.0 Å². The zero-order chi connectivity index (χ0) is 21.4. The third-order valence-electron chi connectivity index (χ3n) is 5.05. The first kappa shape index (κ1) is 19.2. The number of furan rings is 1. The quantitative estimate of drug-likeness (QED) is 0.522. The van der Waals surface area contributed by atoms with Crippen molar-refractivity contribution in [2.24, 2.45) is 0 Å². The number of carbonyl (C=O) groups is 3. The lowest BCUT2D eigenvalue weighted by atomic mass is 10.0. The van der Waals surface area contributed by atoms with Gasteiger partial charge in [-0.3, -0.25) is 14.9 Å². The lowest BCUT2D eigenvalue weighted by Crippen LogP contribution is -2.21. The highest BCUT2D eigenvalue weighted by molar-refractivity contribution is 6.22. The summed E-state index contributed by atoms with van der Waals surface area (Å²) in [6.45, 7) is 2.83. The number of hydrogen-bond donors (Lipinski definition) is 1. The number of nitrogens with one attached hydrogen (secondary N) is 1. The fourth-order valence-corrected chi connectivity index (χ4v) is 3.38. The van der Waals surface area contributed by atoms with Crippen LogP contribution in [0, 0.1) is 25.2 Å². The van der Waals surface area contributed by atoms with E-state index in [4.69, 9.17) is 9.15 Å². The SMILES string of the molecule is Cc1oc(NC(=O)COC(=O)c2ccc3c(c2)C(=O)c2ccccc2-3)c(C#N)c1C. The summed E-state index contributed by atoms with van der Waals surface area (Å²) in [5.41, 5.74) is 3.64. The van der Waals surface area contributed by atoms with Crippen molar-refractivity contribution in [3.63, 3.8) is 0 Å². The summed E-state index contributed by atoms with van der Waals surface area (Å²) in [4.78, 5) is 37.1. The lowest BCUT2D eigenvalue weighted by Gasteiger charge is -2.07. The van der Waals surface area contributed by atoms with Gasteiger partial charge in [-0.05, 0) is 37.1 Å². The summed E-state index contributed by atoms with van der Waals surface area (Å²) in [6.07, 6.45) is 0. The van der Waals surface area contributed by atoms with Crippen LogP contribution in [-0.4, -0.2) is 24.3 Å². The molecule has 1 aliphatic rings.